The first-order valence-electron chi connectivity index (χ1n) is 8.67. The van der Waals surface area contributed by atoms with Crippen LogP contribution in [0.15, 0.2) is 18.6 Å². The van der Waals surface area contributed by atoms with Crippen molar-refractivity contribution in [3.63, 3.8) is 0 Å². The van der Waals surface area contributed by atoms with Crippen LogP contribution in [0.25, 0.3) is 0 Å². The second kappa shape index (κ2) is 8.11. The topological polar surface area (TPSA) is 94.0 Å². The van der Waals surface area contributed by atoms with E-state index in [9.17, 15) is 9.18 Å². The molecule has 2 heterocycles. The molecule has 0 radical (unpaired) electrons. The van der Waals surface area contributed by atoms with Crippen LogP contribution in [-0.2, 0) is 11.8 Å². The number of nitrogens with zero attached hydrogens (tertiary/aromatic N) is 4. The van der Waals surface area contributed by atoms with Crippen LogP contribution < -0.4 is 15.4 Å². The molecule has 140 valence electrons. The maximum Gasteiger partial charge on any atom is 0.255 e. The van der Waals surface area contributed by atoms with Gasteiger partial charge in [0.2, 0.25) is 17.7 Å². The third-order valence-corrected chi connectivity index (χ3v) is 4.38. The van der Waals surface area contributed by atoms with Crippen molar-refractivity contribution in [3.8, 4) is 5.88 Å². The molecule has 1 aliphatic carbocycles. The molecule has 1 amide bonds. The molecule has 0 saturated heterocycles. The van der Waals surface area contributed by atoms with Gasteiger partial charge in [-0.15, -0.1) is 0 Å². The Labute approximate surface area is 151 Å². The van der Waals surface area contributed by atoms with Gasteiger partial charge in [0.1, 0.15) is 0 Å². The van der Waals surface area contributed by atoms with E-state index in [0.29, 0.717) is 18.2 Å². The van der Waals surface area contributed by atoms with Gasteiger partial charge in [0, 0.05) is 26.2 Å². The third-order valence-electron chi connectivity index (χ3n) is 4.38. The summed E-state index contributed by atoms with van der Waals surface area (Å²) in [5, 5.41) is 9.95. The number of halogens is 1. The van der Waals surface area contributed by atoms with E-state index in [2.05, 4.69) is 25.7 Å². The molecule has 2 aromatic heterocycles. The molecule has 1 saturated carbocycles. The van der Waals surface area contributed by atoms with Crippen molar-refractivity contribution in [2.24, 2.45) is 13.0 Å². The molecule has 0 unspecified atom stereocenters. The van der Waals surface area contributed by atoms with Gasteiger partial charge in [-0.1, -0.05) is 0 Å². The Morgan fingerprint density at radius 3 is 2.77 bits per heavy atom. The Morgan fingerprint density at radius 1 is 1.35 bits per heavy atom. The predicted molar refractivity (Wildman–Crippen MR) is 93.5 cm³/mol. The Balaban J connectivity index is 1.53. The van der Waals surface area contributed by atoms with Gasteiger partial charge in [-0.3, -0.25) is 9.48 Å². The number of aryl methyl sites for hydroxylation is 1. The van der Waals surface area contributed by atoms with Crippen LogP contribution in [0, 0.1) is 11.7 Å². The summed E-state index contributed by atoms with van der Waals surface area (Å²) in [5.41, 5.74) is 0.710. The summed E-state index contributed by atoms with van der Waals surface area (Å²) in [5.74, 6) is -0.0710. The average Bonchev–Trinajstić information content (AvgIpc) is 3.01. The molecule has 1 fully saturated rings. The summed E-state index contributed by atoms with van der Waals surface area (Å²) in [4.78, 5) is 19.1. The van der Waals surface area contributed by atoms with E-state index in [1.165, 1.54) is 6.92 Å². The van der Waals surface area contributed by atoms with E-state index in [4.69, 9.17) is 4.74 Å². The summed E-state index contributed by atoms with van der Waals surface area (Å²) in [6.45, 7) is 1.93. The number of aromatic nitrogens is 4. The molecule has 1 aliphatic rings. The summed E-state index contributed by atoms with van der Waals surface area (Å²) in [6.07, 6.45) is 8.16. The van der Waals surface area contributed by atoms with Crippen molar-refractivity contribution >= 4 is 17.5 Å². The Hall–Kier alpha value is -2.71. The number of carbonyl (C=O) groups excluding carboxylic acids is 1. The molecule has 0 aromatic carbocycles. The number of amides is 1. The predicted octanol–water partition coefficient (Wildman–Crippen LogP) is 2.17. The molecule has 0 atom stereocenters. The lowest BCUT2D eigenvalue weighted by atomic mass is 9.86. The third kappa shape index (κ3) is 4.90. The van der Waals surface area contributed by atoms with E-state index in [-0.39, 0.29) is 23.8 Å². The van der Waals surface area contributed by atoms with E-state index in [0.717, 1.165) is 31.9 Å². The first-order chi connectivity index (χ1) is 12.5. The molecular formula is C17H23FN6O2. The van der Waals surface area contributed by atoms with Crippen LogP contribution in [0.1, 0.15) is 32.6 Å². The lowest BCUT2D eigenvalue weighted by Gasteiger charge is -2.28. The van der Waals surface area contributed by atoms with E-state index >= 15 is 0 Å². The fourth-order valence-corrected chi connectivity index (χ4v) is 3.09. The number of carbonyl (C=O) groups is 1. The van der Waals surface area contributed by atoms with Crippen LogP contribution in [0.5, 0.6) is 5.88 Å². The highest BCUT2D eigenvalue weighted by molar-refractivity contribution is 5.73. The fraction of sp³-hybridized carbons (Fsp3) is 0.529. The minimum atomic E-state index is -0.589. The Bertz CT molecular complexity index is 757. The van der Waals surface area contributed by atoms with Crippen LogP contribution in [0.4, 0.5) is 16.0 Å². The summed E-state index contributed by atoms with van der Waals surface area (Å²) in [6, 6.07) is 0.231. The molecule has 3 rings (SSSR count). The largest absolute Gasteiger partial charge is 0.475 e. The molecular weight excluding hydrogens is 339 g/mol. The van der Waals surface area contributed by atoms with Gasteiger partial charge < -0.3 is 15.4 Å². The van der Waals surface area contributed by atoms with Gasteiger partial charge in [-0.05, 0) is 31.6 Å². The van der Waals surface area contributed by atoms with Crippen LogP contribution in [0.2, 0.25) is 0 Å². The highest BCUT2D eigenvalue weighted by Crippen LogP contribution is 2.26. The molecule has 9 heteroatoms. The second-order valence-corrected chi connectivity index (χ2v) is 6.60. The number of hydrogen-bond donors (Lipinski definition) is 2. The summed E-state index contributed by atoms with van der Waals surface area (Å²) in [7, 11) is 1.80. The second-order valence-electron chi connectivity index (χ2n) is 6.60. The zero-order chi connectivity index (χ0) is 18.5. The first-order valence-corrected chi connectivity index (χ1v) is 8.67. The first kappa shape index (κ1) is 18.1. The smallest absolute Gasteiger partial charge is 0.255 e. The molecule has 0 bridgehead atoms. The summed E-state index contributed by atoms with van der Waals surface area (Å²) < 4.78 is 21.2. The molecule has 2 aromatic rings. The van der Waals surface area contributed by atoms with Crippen LogP contribution in [-0.4, -0.2) is 38.3 Å². The average molecular weight is 362 g/mol. The van der Waals surface area contributed by atoms with Crippen molar-refractivity contribution in [1.29, 1.82) is 0 Å². The van der Waals surface area contributed by atoms with E-state index in [1.54, 1.807) is 24.1 Å². The number of rotatable bonds is 6. The summed E-state index contributed by atoms with van der Waals surface area (Å²) >= 11 is 0. The van der Waals surface area contributed by atoms with Crippen molar-refractivity contribution < 1.29 is 13.9 Å². The molecule has 26 heavy (non-hydrogen) atoms. The molecule has 0 aliphatic heterocycles. The van der Waals surface area contributed by atoms with Gasteiger partial charge in [0.05, 0.1) is 24.7 Å². The fourth-order valence-electron chi connectivity index (χ4n) is 3.09. The zero-order valence-corrected chi connectivity index (χ0v) is 14.9. The highest BCUT2D eigenvalue weighted by Gasteiger charge is 2.22. The van der Waals surface area contributed by atoms with Crippen LogP contribution in [0.3, 0.4) is 0 Å². The normalized spacial score (nSPS) is 19.8. The number of hydrogen-bond acceptors (Lipinski definition) is 6. The zero-order valence-electron chi connectivity index (χ0n) is 14.9. The van der Waals surface area contributed by atoms with Gasteiger partial charge in [-0.2, -0.15) is 14.5 Å². The number of ether oxygens (including phenoxy) is 1. The van der Waals surface area contributed by atoms with Crippen molar-refractivity contribution in [2.45, 2.75) is 38.6 Å². The van der Waals surface area contributed by atoms with Gasteiger partial charge in [-0.25, -0.2) is 4.98 Å². The van der Waals surface area contributed by atoms with Gasteiger partial charge >= 0.3 is 0 Å². The number of nitrogens with one attached hydrogen (secondary N) is 2. The molecule has 0 spiro atoms. The standard InChI is InChI=1S/C17H23FN6O2/c1-11(25)21-13-5-3-12(4-6-13)10-26-16-15(18)8-19-17(23-16)22-14-7-20-24(2)9-14/h7-9,12-13H,3-6,10H2,1-2H3,(H,21,25)(H,19,22,23)/t12-,13-. The minimum absolute atomic E-state index is 0.00130. The SMILES string of the molecule is CC(=O)N[C@H]1CC[C@H](COc2nc(Nc3cnn(C)c3)ncc2F)CC1. The maximum absolute atomic E-state index is 13.9. The highest BCUT2D eigenvalue weighted by atomic mass is 19.1. The van der Waals surface area contributed by atoms with E-state index < -0.39 is 5.82 Å². The Kier molecular flexibility index (Phi) is 5.65. The monoisotopic (exact) mass is 362 g/mol. The van der Waals surface area contributed by atoms with Gasteiger partial charge in [0.25, 0.3) is 5.88 Å². The number of anilines is 2. The molecule has 2 N–H and O–H groups in total. The van der Waals surface area contributed by atoms with E-state index in [1.807, 2.05) is 0 Å². The lowest BCUT2D eigenvalue weighted by Crippen LogP contribution is -2.37. The Morgan fingerprint density at radius 2 is 2.12 bits per heavy atom. The van der Waals surface area contributed by atoms with Crippen molar-refractivity contribution in [1.82, 2.24) is 25.1 Å². The lowest BCUT2D eigenvalue weighted by molar-refractivity contribution is -0.119. The minimum Gasteiger partial charge on any atom is -0.475 e. The van der Waals surface area contributed by atoms with Crippen LogP contribution >= 0.6 is 0 Å². The maximum atomic E-state index is 13.9. The molecule has 8 nitrogen and oxygen atoms in total. The van der Waals surface area contributed by atoms with Crippen molar-refractivity contribution in [2.75, 3.05) is 11.9 Å². The van der Waals surface area contributed by atoms with Gasteiger partial charge in [0.15, 0.2) is 0 Å². The quantitative estimate of drug-likeness (QED) is 0.818. The van der Waals surface area contributed by atoms with Crippen molar-refractivity contribution in [3.05, 3.63) is 24.4 Å².